The van der Waals surface area contributed by atoms with Gasteiger partial charge in [0.25, 0.3) is 5.56 Å². The lowest BCUT2D eigenvalue weighted by Crippen LogP contribution is -2.21. The first-order valence-corrected chi connectivity index (χ1v) is 8.45. The molecule has 3 aromatic heterocycles. The van der Waals surface area contributed by atoms with Crippen LogP contribution in [0.4, 0.5) is 0 Å². The van der Waals surface area contributed by atoms with E-state index < -0.39 is 11.5 Å². The molecule has 25 heavy (non-hydrogen) atoms. The van der Waals surface area contributed by atoms with Crippen LogP contribution in [0.5, 0.6) is 0 Å². The number of carboxylic acid groups (broad SMARTS) is 1. The van der Waals surface area contributed by atoms with Crippen LogP contribution in [0.15, 0.2) is 59.0 Å². The summed E-state index contributed by atoms with van der Waals surface area (Å²) < 4.78 is 1.29. The zero-order valence-corrected chi connectivity index (χ0v) is 13.8. The minimum Gasteiger partial charge on any atom is -0.481 e. The molecule has 0 atom stereocenters. The second kappa shape index (κ2) is 6.03. The van der Waals surface area contributed by atoms with Crippen LogP contribution in [-0.4, -0.2) is 25.7 Å². The number of benzene rings is 1. The number of fused-ring (bicyclic) bond motifs is 1. The van der Waals surface area contributed by atoms with Gasteiger partial charge in [-0.2, -0.15) is 0 Å². The van der Waals surface area contributed by atoms with Crippen molar-refractivity contribution >= 4 is 23.0 Å². The molecule has 0 aliphatic carbocycles. The Morgan fingerprint density at radius 3 is 2.80 bits per heavy atom. The van der Waals surface area contributed by atoms with Gasteiger partial charge in [-0.05, 0) is 22.6 Å². The highest BCUT2D eigenvalue weighted by Crippen LogP contribution is 2.33. The number of thiophene rings is 1. The maximum atomic E-state index is 12.4. The molecular weight excluding hydrogens is 338 g/mol. The highest BCUT2D eigenvalue weighted by atomic mass is 32.1. The summed E-state index contributed by atoms with van der Waals surface area (Å²) in [5.74, 6) is -1.06. The second-order valence-electron chi connectivity index (χ2n) is 5.57. The van der Waals surface area contributed by atoms with Gasteiger partial charge in [0.05, 0.1) is 12.0 Å². The highest BCUT2D eigenvalue weighted by molar-refractivity contribution is 7.14. The van der Waals surface area contributed by atoms with E-state index in [0.717, 1.165) is 21.6 Å². The first-order valence-electron chi connectivity index (χ1n) is 7.57. The zero-order valence-electron chi connectivity index (χ0n) is 13.0. The quantitative estimate of drug-likeness (QED) is 0.591. The Morgan fingerprint density at radius 1 is 1.24 bits per heavy atom. The summed E-state index contributed by atoms with van der Waals surface area (Å²) >= 11 is 1.57. The van der Waals surface area contributed by atoms with Gasteiger partial charge in [0, 0.05) is 22.8 Å². The van der Waals surface area contributed by atoms with Crippen molar-refractivity contribution < 1.29 is 9.90 Å². The molecule has 3 heterocycles. The summed E-state index contributed by atoms with van der Waals surface area (Å²) in [7, 11) is 0. The number of carboxylic acids is 1. The number of nitrogens with zero attached hydrogens (tertiary/aromatic N) is 2. The molecule has 0 radical (unpaired) electrons. The lowest BCUT2D eigenvalue weighted by molar-refractivity contribution is -0.136. The first kappa shape index (κ1) is 15.3. The van der Waals surface area contributed by atoms with Crippen molar-refractivity contribution in [2.24, 2.45) is 0 Å². The molecule has 4 rings (SSSR count). The standard InChI is InChI=1S/C18H13N3O3S/c22-16(23)7-12-8-19-17-14(9-20-21(17)18(12)24)15-6-13(10-25-15)11-4-2-1-3-5-11/h1-6,8-10,20H,7H2,(H,22,23). The molecule has 124 valence electrons. The van der Waals surface area contributed by atoms with Crippen molar-refractivity contribution in [1.29, 1.82) is 0 Å². The van der Waals surface area contributed by atoms with Gasteiger partial charge in [0.15, 0.2) is 5.65 Å². The second-order valence-corrected chi connectivity index (χ2v) is 6.48. The lowest BCUT2D eigenvalue weighted by Gasteiger charge is -1.99. The maximum Gasteiger partial charge on any atom is 0.308 e. The Morgan fingerprint density at radius 2 is 2.04 bits per heavy atom. The molecule has 7 heteroatoms. The van der Waals surface area contributed by atoms with Crippen molar-refractivity contribution in [2.75, 3.05) is 0 Å². The van der Waals surface area contributed by atoms with Gasteiger partial charge in [-0.3, -0.25) is 14.7 Å². The number of hydrogen-bond donors (Lipinski definition) is 2. The predicted molar refractivity (Wildman–Crippen MR) is 95.9 cm³/mol. The number of hydrogen-bond acceptors (Lipinski definition) is 4. The molecule has 0 aliphatic rings. The Bertz CT molecular complexity index is 1130. The average molecular weight is 351 g/mol. The van der Waals surface area contributed by atoms with E-state index in [1.54, 1.807) is 17.5 Å². The van der Waals surface area contributed by atoms with E-state index in [-0.39, 0.29) is 12.0 Å². The van der Waals surface area contributed by atoms with Gasteiger partial charge in [0.2, 0.25) is 0 Å². The summed E-state index contributed by atoms with van der Waals surface area (Å²) in [4.78, 5) is 28.5. The smallest absolute Gasteiger partial charge is 0.308 e. The minimum atomic E-state index is -1.06. The van der Waals surface area contributed by atoms with Gasteiger partial charge in [-0.15, -0.1) is 11.3 Å². The number of H-pyrrole nitrogens is 1. The molecule has 0 unspecified atom stereocenters. The topological polar surface area (TPSA) is 87.5 Å². The fourth-order valence-corrected chi connectivity index (χ4v) is 3.65. The Labute approximate surface area is 146 Å². The monoisotopic (exact) mass is 351 g/mol. The maximum absolute atomic E-state index is 12.4. The summed E-state index contributed by atoms with van der Waals surface area (Å²) in [6, 6.07) is 12.1. The largest absolute Gasteiger partial charge is 0.481 e. The first-order chi connectivity index (χ1) is 12.1. The third-order valence-electron chi connectivity index (χ3n) is 3.92. The van der Waals surface area contributed by atoms with Crippen LogP contribution >= 0.6 is 11.3 Å². The van der Waals surface area contributed by atoms with Crippen molar-refractivity contribution in [3.05, 3.63) is 70.1 Å². The van der Waals surface area contributed by atoms with E-state index >= 15 is 0 Å². The fraction of sp³-hybridized carbons (Fsp3) is 0.0556. The number of carbonyl (C=O) groups is 1. The van der Waals surface area contributed by atoms with E-state index in [2.05, 4.69) is 21.5 Å². The molecule has 0 spiro atoms. The summed E-state index contributed by atoms with van der Waals surface area (Å²) in [5, 5.41) is 13.8. The molecule has 4 aromatic rings. The third-order valence-corrected chi connectivity index (χ3v) is 4.89. The number of aromatic nitrogens is 3. The normalized spacial score (nSPS) is 11.0. The molecular formula is C18H13N3O3S. The van der Waals surface area contributed by atoms with Crippen LogP contribution in [-0.2, 0) is 11.2 Å². The number of aromatic amines is 1. The van der Waals surface area contributed by atoms with Crippen LogP contribution < -0.4 is 5.56 Å². The molecule has 1 aromatic carbocycles. The van der Waals surface area contributed by atoms with Crippen molar-refractivity contribution in [3.8, 4) is 21.6 Å². The van der Waals surface area contributed by atoms with Crippen LogP contribution in [0.3, 0.4) is 0 Å². The number of rotatable bonds is 4. The summed E-state index contributed by atoms with van der Waals surface area (Å²) in [5.41, 5.74) is 3.28. The van der Waals surface area contributed by atoms with Crippen LogP contribution in [0.2, 0.25) is 0 Å². The molecule has 0 bridgehead atoms. The number of nitrogens with one attached hydrogen (secondary N) is 1. The average Bonchev–Trinajstić information content (AvgIpc) is 3.25. The van der Waals surface area contributed by atoms with Gasteiger partial charge in [0.1, 0.15) is 0 Å². The van der Waals surface area contributed by atoms with E-state index in [4.69, 9.17) is 5.11 Å². The molecule has 0 fully saturated rings. The SMILES string of the molecule is O=C(O)Cc1cnc2c(-c3cc(-c4ccccc4)cs3)c[nH]n2c1=O. The van der Waals surface area contributed by atoms with Gasteiger partial charge in [-0.1, -0.05) is 30.3 Å². The molecule has 2 N–H and O–H groups in total. The van der Waals surface area contributed by atoms with E-state index in [9.17, 15) is 9.59 Å². The Balaban J connectivity index is 1.78. The zero-order chi connectivity index (χ0) is 17.4. The van der Waals surface area contributed by atoms with E-state index in [1.807, 2.05) is 30.3 Å². The lowest BCUT2D eigenvalue weighted by atomic mass is 10.1. The van der Waals surface area contributed by atoms with E-state index in [1.165, 1.54) is 10.7 Å². The van der Waals surface area contributed by atoms with Crippen LogP contribution in [0.25, 0.3) is 27.2 Å². The van der Waals surface area contributed by atoms with E-state index in [0.29, 0.717) is 5.65 Å². The number of aliphatic carboxylic acids is 1. The van der Waals surface area contributed by atoms with Crippen molar-refractivity contribution in [2.45, 2.75) is 6.42 Å². The Kier molecular flexibility index (Phi) is 3.70. The summed E-state index contributed by atoms with van der Waals surface area (Å²) in [6.45, 7) is 0. The molecule has 0 amide bonds. The van der Waals surface area contributed by atoms with Crippen LogP contribution in [0, 0.1) is 0 Å². The fourth-order valence-electron chi connectivity index (χ4n) is 2.72. The minimum absolute atomic E-state index is 0.148. The van der Waals surface area contributed by atoms with Gasteiger partial charge < -0.3 is 5.11 Å². The predicted octanol–water partition coefficient (Wildman–Crippen LogP) is 3.05. The molecule has 0 saturated heterocycles. The van der Waals surface area contributed by atoms with Crippen molar-refractivity contribution in [1.82, 2.24) is 14.6 Å². The molecule has 6 nitrogen and oxygen atoms in total. The molecule has 0 aliphatic heterocycles. The third kappa shape index (κ3) is 2.74. The van der Waals surface area contributed by atoms with Gasteiger partial charge in [-0.25, -0.2) is 9.50 Å². The van der Waals surface area contributed by atoms with Crippen LogP contribution in [0.1, 0.15) is 5.56 Å². The van der Waals surface area contributed by atoms with Gasteiger partial charge >= 0.3 is 5.97 Å². The van der Waals surface area contributed by atoms with Crippen molar-refractivity contribution in [3.63, 3.8) is 0 Å². The Hall–Kier alpha value is -3.19. The molecule has 0 saturated carbocycles. The summed E-state index contributed by atoms with van der Waals surface area (Å²) in [6.07, 6.45) is 2.71. The highest BCUT2D eigenvalue weighted by Gasteiger charge is 2.15.